The molecular weight excluding hydrogens is 250 g/mol. The number of hydrogen-bond donors (Lipinski definition) is 0. The lowest BCUT2D eigenvalue weighted by molar-refractivity contribution is 0.132. The first-order valence-corrected chi connectivity index (χ1v) is 6.33. The third-order valence-corrected chi connectivity index (χ3v) is 2.82. The van der Waals surface area contributed by atoms with Crippen LogP contribution in [0.2, 0.25) is 0 Å². The van der Waals surface area contributed by atoms with Crippen LogP contribution in [0.1, 0.15) is 16.7 Å². The topological polar surface area (TPSA) is 30.8 Å². The lowest BCUT2D eigenvalue weighted by Crippen LogP contribution is -1.92. The Balaban J connectivity index is 1.95. The molecular formula is C17H17NO2. The van der Waals surface area contributed by atoms with Crippen LogP contribution in [0.4, 0.5) is 0 Å². The summed E-state index contributed by atoms with van der Waals surface area (Å²) in [6.07, 6.45) is 3.46. The predicted octanol–water partition coefficient (Wildman–Crippen LogP) is 3.89. The van der Waals surface area contributed by atoms with E-state index in [-0.39, 0.29) is 0 Å². The van der Waals surface area contributed by atoms with E-state index in [1.807, 2.05) is 54.6 Å². The lowest BCUT2D eigenvalue weighted by Gasteiger charge is -2.03. The Morgan fingerprint density at radius 1 is 1.15 bits per heavy atom. The fraction of sp³-hybridized carbons (Fsp3) is 0.118. The van der Waals surface area contributed by atoms with Gasteiger partial charge < -0.3 is 9.57 Å². The van der Waals surface area contributed by atoms with Gasteiger partial charge in [0.15, 0.2) is 0 Å². The van der Waals surface area contributed by atoms with Crippen LogP contribution in [0.25, 0.3) is 6.08 Å². The molecule has 20 heavy (non-hydrogen) atoms. The van der Waals surface area contributed by atoms with E-state index in [2.05, 4.69) is 11.7 Å². The van der Waals surface area contributed by atoms with Crippen LogP contribution >= 0.6 is 0 Å². The Labute approximate surface area is 119 Å². The van der Waals surface area contributed by atoms with E-state index in [4.69, 9.17) is 9.57 Å². The Morgan fingerprint density at radius 2 is 2.00 bits per heavy atom. The van der Waals surface area contributed by atoms with Crippen molar-refractivity contribution in [3.8, 4) is 5.75 Å². The second-order valence-electron chi connectivity index (χ2n) is 4.20. The van der Waals surface area contributed by atoms with Crippen molar-refractivity contribution in [1.82, 2.24) is 0 Å². The zero-order chi connectivity index (χ0) is 14.2. The quantitative estimate of drug-likeness (QED) is 0.587. The van der Waals surface area contributed by atoms with Crippen LogP contribution in [0.15, 0.2) is 60.3 Å². The third-order valence-electron chi connectivity index (χ3n) is 2.82. The number of methoxy groups -OCH3 is 1. The Bertz CT molecular complexity index is 605. The SMILES string of the molecule is C=Cc1cccc(CON=Cc2ccccc2OC)c1. The van der Waals surface area contributed by atoms with Crippen molar-refractivity contribution in [2.75, 3.05) is 7.11 Å². The van der Waals surface area contributed by atoms with Gasteiger partial charge in [-0.1, -0.05) is 48.1 Å². The van der Waals surface area contributed by atoms with E-state index in [0.717, 1.165) is 22.4 Å². The molecule has 0 saturated carbocycles. The normalized spacial score (nSPS) is 10.4. The number of ether oxygens (including phenoxy) is 1. The summed E-state index contributed by atoms with van der Waals surface area (Å²) in [6, 6.07) is 15.6. The fourth-order valence-corrected chi connectivity index (χ4v) is 1.79. The van der Waals surface area contributed by atoms with Crippen molar-refractivity contribution in [2.45, 2.75) is 6.61 Å². The van der Waals surface area contributed by atoms with E-state index in [9.17, 15) is 0 Å². The van der Waals surface area contributed by atoms with Gasteiger partial charge in [0.25, 0.3) is 0 Å². The molecule has 0 saturated heterocycles. The smallest absolute Gasteiger partial charge is 0.142 e. The van der Waals surface area contributed by atoms with E-state index in [1.54, 1.807) is 13.3 Å². The molecule has 0 fully saturated rings. The number of benzene rings is 2. The van der Waals surface area contributed by atoms with E-state index in [0.29, 0.717) is 6.61 Å². The summed E-state index contributed by atoms with van der Waals surface area (Å²) in [5, 5.41) is 3.97. The lowest BCUT2D eigenvalue weighted by atomic mass is 10.1. The minimum Gasteiger partial charge on any atom is -0.496 e. The summed E-state index contributed by atoms with van der Waals surface area (Å²) < 4.78 is 5.23. The van der Waals surface area contributed by atoms with Gasteiger partial charge in [-0.15, -0.1) is 0 Å². The van der Waals surface area contributed by atoms with Crippen molar-refractivity contribution in [3.05, 3.63) is 71.8 Å². The van der Waals surface area contributed by atoms with Gasteiger partial charge in [0, 0.05) is 5.56 Å². The van der Waals surface area contributed by atoms with Gasteiger partial charge >= 0.3 is 0 Å². The van der Waals surface area contributed by atoms with Crippen molar-refractivity contribution in [2.24, 2.45) is 5.16 Å². The maximum absolute atomic E-state index is 5.30. The molecule has 2 aromatic carbocycles. The Hall–Kier alpha value is -2.55. The molecule has 0 aliphatic heterocycles. The van der Waals surface area contributed by atoms with Crippen molar-refractivity contribution >= 4 is 12.3 Å². The number of nitrogens with zero attached hydrogens (tertiary/aromatic N) is 1. The molecule has 0 amide bonds. The maximum atomic E-state index is 5.30. The van der Waals surface area contributed by atoms with Gasteiger partial charge in [-0.3, -0.25) is 0 Å². The van der Waals surface area contributed by atoms with Gasteiger partial charge in [0.1, 0.15) is 12.4 Å². The Kier molecular flexibility index (Phi) is 4.95. The van der Waals surface area contributed by atoms with Crippen LogP contribution in [0.5, 0.6) is 5.75 Å². The molecule has 0 N–H and O–H groups in total. The van der Waals surface area contributed by atoms with E-state index >= 15 is 0 Å². The largest absolute Gasteiger partial charge is 0.496 e. The molecule has 0 aliphatic rings. The molecule has 0 aromatic heterocycles. The molecule has 102 valence electrons. The van der Waals surface area contributed by atoms with Gasteiger partial charge in [-0.2, -0.15) is 0 Å². The van der Waals surface area contributed by atoms with Crippen LogP contribution in [0, 0.1) is 0 Å². The van der Waals surface area contributed by atoms with Crippen LogP contribution in [-0.4, -0.2) is 13.3 Å². The molecule has 0 unspecified atom stereocenters. The summed E-state index contributed by atoms with van der Waals surface area (Å²) in [7, 11) is 1.63. The standard InChI is InChI=1S/C17H17NO2/c1-3-14-7-6-8-15(11-14)13-20-18-12-16-9-4-5-10-17(16)19-2/h3-12H,1,13H2,2H3. The third kappa shape index (κ3) is 3.72. The first-order valence-electron chi connectivity index (χ1n) is 6.33. The molecule has 0 atom stereocenters. The highest BCUT2D eigenvalue weighted by Gasteiger charge is 1.98. The zero-order valence-electron chi connectivity index (χ0n) is 11.5. The van der Waals surface area contributed by atoms with Crippen molar-refractivity contribution in [3.63, 3.8) is 0 Å². The molecule has 0 bridgehead atoms. The highest BCUT2D eigenvalue weighted by atomic mass is 16.6. The van der Waals surface area contributed by atoms with E-state index in [1.165, 1.54) is 0 Å². The second-order valence-corrected chi connectivity index (χ2v) is 4.20. The second kappa shape index (κ2) is 7.14. The molecule has 0 spiro atoms. The van der Waals surface area contributed by atoms with Gasteiger partial charge in [0.05, 0.1) is 13.3 Å². The number of para-hydroxylation sites is 1. The summed E-state index contributed by atoms with van der Waals surface area (Å²) in [5.41, 5.74) is 3.01. The molecule has 2 rings (SSSR count). The van der Waals surface area contributed by atoms with Crippen molar-refractivity contribution < 1.29 is 9.57 Å². The monoisotopic (exact) mass is 267 g/mol. The summed E-state index contributed by atoms with van der Waals surface area (Å²) in [4.78, 5) is 5.30. The molecule has 3 heteroatoms. The number of hydrogen-bond acceptors (Lipinski definition) is 3. The van der Waals surface area contributed by atoms with E-state index < -0.39 is 0 Å². The average Bonchev–Trinajstić information content (AvgIpc) is 2.52. The Morgan fingerprint density at radius 3 is 2.80 bits per heavy atom. The van der Waals surface area contributed by atoms with Gasteiger partial charge in [0.2, 0.25) is 0 Å². The first kappa shape index (κ1) is 13.9. The minimum absolute atomic E-state index is 0.424. The molecule has 0 heterocycles. The fourth-order valence-electron chi connectivity index (χ4n) is 1.79. The summed E-state index contributed by atoms with van der Waals surface area (Å²) in [6.45, 7) is 4.17. The predicted molar refractivity (Wildman–Crippen MR) is 81.9 cm³/mol. The molecule has 0 radical (unpaired) electrons. The maximum Gasteiger partial charge on any atom is 0.142 e. The highest BCUT2D eigenvalue weighted by molar-refractivity contribution is 5.82. The zero-order valence-corrected chi connectivity index (χ0v) is 11.5. The number of rotatable bonds is 6. The minimum atomic E-state index is 0.424. The first-order chi connectivity index (χ1) is 9.83. The average molecular weight is 267 g/mol. The van der Waals surface area contributed by atoms with Crippen molar-refractivity contribution in [1.29, 1.82) is 0 Å². The van der Waals surface area contributed by atoms with Crippen LogP contribution in [-0.2, 0) is 11.4 Å². The summed E-state index contributed by atoms with van der Waals surface area (Å²) in [5.74, 6) is 0.772. The van der Waals surface area contributed by atoms with Gasteiger partial charge in [-0.25, -0.2) is 0 Å². The van der Waals surface area contributed by atoms with Crippen LogP contribution in [0.3, 0.4) is 0 Å². The summed E-state index contributed by atoms with van der Waals surface area (Å²) >= 11 is 0. The molecule has 2 aromatic rings. The number of oxime groups is 1. The van der Waals surface area contributed by atoms with Crippen LogP contribution < -0.4 is 4.74 Å². The van der Waals surface area contributed by atoms with Gasteiger partial charge in [-0.05, 0) is 29.3 Å². The molecule has 0 aliphatic carbocycles. The molecule has 3 nitrogen and oxygen atoms in total. The highest BCUT2D eigenvalue weighted by Crippen LogP contribution is 2.15.